The number of rotatable bonds is 4. The fourth-order valence-electron chi connectivity index (χ4n) is 1.38. The minimum atomic E-state index is -1.17. The van der Waals surface area contributed by atoms with E-state index in [0.29, 0.717) is 5.92 Å². The number of hydrogen-bond donors (Lipinski definition) is 3. The molecule has 3 N–H and O–H groups in total. The fraction of sp³-hybridized carbons (Fsp3) is 0.727. The lowest BCUT2D eigenvalue weighted by Gasteiger charge is -2.17. The number of urea groups is 1. The third kappa shape index (κ3) is 4.05. The van der Waals surface area contributed by atoms with E-state index in [1.807, 2.05) is 6.92 Å². The van der Waals surface area contributed by atoms with Crippen molar-refractivity contribution in [2.45, 2.75) is 39.7 Å². The molecule has 0 aliphatic heterocycles. The molecule has 0 radical (unpaired) electrons. The first-order valence-electron chi connectivity index (χ1n) is 5.56. The maximum Gasteiger partial charge on any atom is 0.321 e. The van der Waals surface area contributed by atoms with E-state index >= 15 is 0 Å². The number of amides is 3. The molecule has 1 aliphatic rings. The SMILES string of the molecule is CC1CC1NC(=O)NC(=O)CC(C)(C)C(=O)O. The topological polar surface area (TPSA) is 95.5 Å². The predicted octanol–water partition coefficient (Wildman–Crippen LogP) is 0.721. The number of nitrogens with one attached hydrogen (secondary N) is 2. The Kier molecular flexibility index (Phi) is 3.75. The van der Waals surface area contributed by atoms with E-state index in [9.17, 15) is 14.4 Å². The second-order valence-corrected chi connectivity index (χ2v) is 5.21. The van der Waals surface area contributed by atoms with Crippen molar-refractivity contribution in [1.82, 2.24) is 10.6 Å². The molecule has 6 heteroatoms. The van der Waals surface area contributed by atoms with Crippen LogP contribution in [-0.2, 0) is 9.59 Å². The van der Waals surface area contributed by atoms with Crippen LogP contribution in [0.15, 0.2) is 0 Å². The van der Waals surface area contributed by atoms with Gasteiger partial charge in [-0.25, -0.2) is 4.79 Å². The summed E-state index contributed by atoms with van der Waals surface area (Å²) in [4.78, 5) is 33.5. The summed E-state index contributed by atoms with van der Waals surface area (Å²) in [5.41, 5.74) is -1.17. The summed E-state index contributed by atoms with van der Waals surface area (Å²) in [7, 11) is 0. The molecule has 0 aromatic carbocycles. The largest absolute Gasteiger partial charge is 0.481 e. The van der Waals surface area contributed by atoms with Crippen molar-refractivity contribution in [1.29, 1.82) is 0 Å². The molecule has 0 heterocycles. The highest BCUT2D eigenvalue weighted by molar-refractivity contribution is 5.96. The van der Waals surface area contributed by atoms with Gasteiger partial charge < -0.3 is 10.4 Å². The molecule has 2 atom stereocenters. The maximum absolute atomic E-state index is 11.4. The number of carbonyl (C=O) groups is 3. The van der Waals surface area contributed by atoms with Crippen molar-refractivity contribution in [3.63, 3.8) is 0 Å². The zero-order valence-electron chi connectivity index (χ0n) is 10.2. The molecule has 1 fully saturated rings. The zero-order valence-corrected chi connectivity index (χ0v) is 10.2. The first kappa shape index (κ1) is 13.5. The summed E-state index contributed by atoms with van der Waals surface area (Å²) in [5, 5.41) is 13.6. The van der Waals surface area contributed by atoms with Crippen LogP contribution in [0, 0.1) is 11.3 Å². The fourth-order valence-corrected chi connectivity index (χ4v) is 1.38. The van der Waals surface area contributed by atoms with Crippen molar-refractivity contribution in [2.24, 2.45) is 11.3 Å². The zero-order chi connectivity index (χ0) is 13.2. The van der Waals surface area contributed by atoms with E-state index in [0.717, 1.165) is 6.42 Å². The van der Waals surface area contributed by atoms with Gasteiger partial charge >= 0.3 is 12.0 Å². The Hall–Kier alpha value is -1.59. The molecule has 0 aromatic rings. The van der Waals surface area contributed by atoms with E-state index in [1.54, 1.807) is 0 Å². The van der Waals surface area contributed by atoms with Crippen molar-refractivity contribution >= 4 is 17.9 Å². The quantitative estimate of drug-likeness (QED) is 0.677. The molecule has 1 aliphatic carbocycles. The van der Waals surface area contributed by atoms with Gasteiger partial charge in [0.05, 0.1) is 5.41 Å². The van der Waals surface area contributed by atoms with Crippen molar-refractivity contribution in [2.75, 3.05) is 0 Å². The summed E-state index contributed by atoms with van der Waals surface area (Å²) >= 11 is 0. The summed E-state index contributed by atoms with van der Waals surface area (Å²) in [6.07, 6.45) is 0.693. The van der Waals surface area contributed by atoms with Gasteiger partial charge in [-0.1, -0.05) is 6.92 Å². The van der Waals surface area contributed by atoms with Crippen LogP contribution >= 0.6 is 0 Å². The summed E-state index contributed by atoms with van der Waals surface area (Å²) in [6, 6.07) is -0.416. The Bertz CT molecular complexity index is 351. The Labute approximate surface area is 99.8 Å². The lowest BCUT2D eigenvalue weighted by molar-refractivity contribution is -0.149. The minimum absolute atomic E-state index is 0.135. The van der Waals surface area contributed by atoms with Gasteiger partial charge in [0, 0.05) is 12.5 Å². The average molecular weight is 242 g/mol. The van der Waals surface area contributed by atoms with Gasteiger partial charge in [0.1, 0.15) is 0 Å². The van der Waals surface area contributed by atoms with Gasteiger partial charge in [-0.3, -0.25) is 14.9 Å². The van der Waals surface area contributed by atoms with Crippen LogP contribution in [0.25, 0.3) is 0 Å². The molecule has 17 heavy (non-hydrogen) atoms. The summed E-state index contributed by atoms with van der Waals surface area (Å²) in [6.45, 7) is 4.88. The number of carboxylic acid groups (broad SMARTS) is 1. The molecule has 0 aromatic heterocycles. The molecule has 2 unspecified atom stereocenters. The smallest absolute Gasteiger partial charge is 0.321 e. The highest BCUT2D eigenvalue weighted by atomic mass is 16.4. The van der Waals surface area contributed by atoms with Crippen LogP contribution in [0.1, 0.15) is 33.6 Å². The first-order chi connectivity index (χ1) is 7.72. The molecule has 0 bridgehead atoms. The number of carboxylic acids is 1. The van der Waals surface area contributed by atoms with Crippen LogP contribution in [0.2, 0.25) is 0 Å². The van der Waals surface area contributed by atoms with Gasteiger partial charge in [-0.05, 0) is 26.2 Å². The van der Waals surface area contributed by atoms with Crippen LogP contribution in [0.4, 0.5) is 4.79 Å². The minimum Gasteiger partial charge on any atom is -0.481 e. The predicted molar refractivity (Wildman–Crippen MR) is 60.3 cm³/mol. The number of aliphatic carboxylic acids is 1. The maximum atomic E-state index is 11.4. The molecule has 3 amide bonds. The Morgan fingerprint density at radius 2 is 1.88 bits per heavy atom. The van der Waals surface area contributed by atoms with Crippen LogP contribution in [0.3, 0.4) is 0 Å². The molecule has 0 saturated heterocycles. The van der Waals surface area contributed by atoms with E-state index in [-0.39, 0.29) is 12.5 Å². The second-order valence-electron chi connectivity index (χ2n) is 5.21. The van der Waals surface area contributed by atoms with Crippen LogP contribution < -0.4 is 10.6 Å². The van der Waals surface area contributed by atoms with Crippen LogP contribution in [0.5, 0.6) is 0 Å². The molecule has 96 valence electrons. The van der Waals surface area contributed by atoms with E-state index in [2.05, 4.69) is 10.6 Å². The normalized spacial score (nSPS) is 22.8. The third-order valence-corrected chi connectivity index (χ3v) is 2.86. The van der Waals surface area contributed by atoms with Crippen molar-refractivity contribution in [3.8, 4) is 0 Å². The molecule has 1 saturated carbocycles. The summed E-state index contributed by atoms with van der Waals surface area (Å²) < 4.78 is 0. The Morgan fingerprint density at radius 1 is 1.35 bits per heavy atom. The third-order valence-electron chi connectivity index (χ3n) is 2.86. The second kappa shape index (κ2) is 4.73. The van der Waals surface area contributed by atoms with E-state index in [4.69, 9.17) is 5.11 Å². The highest BCUT2D eigenvalue weighted by Gasteiger charge is 2.35. The van der Waals surface area contributed by atoms with Crippen LogP contribution in [-0.4, -0.2) is 29.1 Å². The van der Waals surface area contributed by atoms with Gasteiger partial charge in [0.15, 0.2) is 0 Å². The Morgan fingerprint density at radius 3 is 2.29 bits per heavy atom. The van der Waals surface area contributed by atoms with Gasteiger partial charge in [-0.15, -0.1) is 0 Å². The molecule has 6 nitrogen and oxygen atoms in total. The Balaban J connectivity index is 2.34. The van der Waals surface area contributed by atoms with Gasteiger partial charge in [0.25, 0.3) is 0 Å². The lowest BCUT2D eigenvalue weighted by atomic mass is 9.89. The first-order valence-corrected chi connectivity index (χ1v) is 5.56. The van der Waals surface area contributed by atoms with E-state index < -0.39 is 23.3 Å². The van der Waals surface area contributed by atoms with Gasteiger partial charge in [-0.2, -0.15) is 0 Å². The summed E-state index contributed by atoms with van der Waals surface area (Å²) in [5.74, 6) is -1.20. The van der Waals surface area contributed by atoms with Crippen molar-refractivity contribution in [3.05, 3.63) is 0 Å². The molecular formula is C11H18N2O4. The highest BCUT2D eigenvalue weighted by Crippen LogP contribution is 2.28. The number of carbonyl (C=O) groups excluding carboxylic acids is 2. The number of imide groups is 1. The number of hydrogen-bond acceptors (Lipinski definition) is 3. The monoisotopic (exact) mass is 242 g/mol. The average Bonchev–Trinajstić information content (AvgIpc) is 2.78. The molecular weight excluding hydrogens is 224 g/mol. The lowest BCUT2D eigenvalue weighted by Crippen LogP contribution is -2.43. The van der Waals surface area contributed by atoms with Gasteiger partial charge in [0.2, 0.25) is 5.91 Å². The molecule has 0 spiro atoms. The molecule has 1 rings (SSSR count). The standard InChI is InChI=1S/C11H18N2O4/c1-6-4-7(6)12-10(17)13-8(14)5-11(2,3)9(15)16/h6-7H,4-5H2,1-3H3,(H,15,16)(H2,12,13,14,17). The van der Waals surface area contributed by atoms with E-state index in [1.165, 1.54) is 13.8 Å². The van der Waals surface area contributed by atoms with Crippen molar-refractivity contribution < 1.29 is 19.5 Å².